The highest BCUT2D eigenvalue weighted by atomic mass is 16.1. The summed E-state index contributed by atoms with van der Waals surface area (Å²) in [6.07, 6.45) is 8.01. The summed E-state index contributed by atoms with van der Waals surface area (Å²) in [6, 6.07) is 3.92. The molecule has 2 aromatic rings. The van der Waals surface area contributed by atoms with E-state index in [0.717, 1.165) is 43.4 Å². The molecule has 3 heterocycles. The number of nitrogens with zero attached hydrogens (tertiary/aromatic N) is 6. The molecule has 8 heteroatoms. The second-order valence-corrected chi connectivity index (χ2v) is 7.69. The van der Waals surface area contributed by atoms with Crippen molar-refractivity contribution in [3.05, 3.63) is 35.9 Å². The maximum absolute atomic E-state index is 12.4. The number of hydrogen-bond acceptors (Lipinski definition) is 6. The van der Waals surface area contributed by atoms with Gasteiger partial charge in [-0.1, -0.05) is 13.8 Å². The van der Waals surface area contributed by atoms with E-state index in [-0.39, 0.29) is 11.9 Å². The lowest BCUT2D eigenvalue weighted by molar-refractivity contribution is -0.122. The molecular formula is C20H31N7O. The number of pyridine rings is 1. The molecule has 152 valence electrons. The monoisotopic (exact) mass is 385 g/mol. The number of hydrogen-bond donors (Lipinski definition) is 1. The zero-order valence-corrected chi connectivity index (χ0v) is 16.9. The van der Waals surface area contributed by atoms with Crippen LogP contribution in [0.15, 0.2) is 24.5 Å². The number of nitrogens with one attached hydrogen (secondary N) is 1. The van der Waals surface area contributed by atoms with Crippen molar-refractivity contribution < 1.29 is 4.79 Å². The van der Waals surface area contributed by atoms with Gasteiger partial charge in [0, 0.05) is 25.4 Å². The van der Waals surface area contributed by atoms with Gasteiger partial charge in [-0.05, 0) is 72.8 Å². The van der Waals surface area contributed by atoms with Crippen molar-refractivity contribution in [2.75, 3.05) is 13.1 Å². The van der Waals surface area contributed by atoms with Gasteiger partial charge >= 0.3 is 0 Å². The Bertz CT molecular complexity index is 725. The first-order valence-corrected chi connectivity index (χ1v) is 10.3. The number of likely N-dealkylation sites (tertiary alicyclic amines) is 1. The number of aromatic nitrogens is 5. The summed E-state index contributed by atoms with van der Waals surface area (Å²) >= 11 is 0. The molecule has 0 saturated carbocycles. The molecule has 0 unspecified atom stereocenters. The molecule has 0 bridgehead atoms. The third-order valence-electron chi connectivity index (χ3n) is 5.47. The Balaban J connectivity index is 1.43. The minimum Gasteiger partial charge on any atom is -0.349 e. The summed E-state index contributed by atoms with van der Waals surface area (Å²) in [6.45, 7) is 8.02. The number of tetrazole rings is 1. The van der Waals surface area contributed by atoms with Crippen LogP contribution < -0.4 is 5.32 Å². The van der Waals surface area contributed by atoms with Crippen LogP contribution in [-0.4, -0.2) is 49.1 Å². The van der Waals surface area contributed by atoms with E-state index in [1.54, 1.807) is 12.4 Å². The Morgan fingerprint density at radius 3 is 2.75 bits per heavy atom. The molecule has 1 amide bonds. The molecule has 0 aromatic carbocycles. The van der Waals surface area contributed by atoms with Crippen LogP contribution in [-0.2, 0) is 17.9 Å². The van der Waals surface area contributed by atoms with Crippen molar-refractivity contribution in [1.29, 1.82) is 0 Å². The van der Waals surface area contributed by atoms with Crippen LogP contribution in [0.3, 0.4) is 0 Å². The summed E-state index contributed by atoms with van der Waals surface area (Å²) in [4.78, 5) is 18.8. The third-order valence-corrected chi connectivity index (χ3v) is 5.47. The van der Waals surface area contributed by atoms with Crippen LogP contribution in [0, 0.1) is 5.92 Å². The highest BCUT2D eigenvalue weighted by molar-refractivity contribution is 5.76. The molecule has 28 heavy (non-hydrogen) atoms. The van der Waals surface area contributed by atoms with E-state index in [1.165, 1.54) is 12.8 Å². The van der Waals surface area contributed by atoms with Crippen molar-refractivity contribution in [3.63, 3.8) is 0 Å². The maximum atomic E-state index is 12.4. The minimum absolute atomic E-state index is 0.0283. The standard InChI is InChI=1S/C20H31N7O/c1-3-18(17-6-10-21-11-7-17)22-20(28)5-4-12-27-19(23-24-25-27)15-26-13-8-16(2)9-14-26/h6-7,10-11,16,18H,3-5,8-9,12-15H2,1-2H3,(H,22,28)/t18-/m0/s1. The Kier molecular flexibility index (Phi) is 7.47. The second kappa shape index (κ2) is 10.3. The van der Waals surface area contributed by atoms with Crippen molar-refractivity contribution >= 4 is 5.91 Å². The number of carbonyl (C=O) groups excluding carboxylic acids is 1. The molecule has 1 atom stereocenters. The first kappa shape index (κ1) is 20.4. The Morgan fingerprint density at radius 2 is 2.04 bits per heavy atom. The summed E-state index contributed by atoms with van der Waals surface area (Å²) in [5, 5.41) is 15.2. The molecule has 0 aliphatic carbocycles. The van der Waals surface area contributed by atoms with Gasteiger partial charge in [0.05, 0.1) is 12.6 Å². The van der Waals surface area contributed by atoms with Gasteiger partial charge in [0.25, 0.3) is 0 Å². The van der Waals surface area contributed by atoms with Crippen LogP contribution in [0.25, 0.3) is 0 Å². The van der Waals surface area contributed by atoms with E-state index in [2.05, 4.69) is 44.6 Å². The number of rotatable bonds is 9. The fraction of sp³-hybridized carbons (Fsp3) is 0.650. The van der Waals surface area contributed by atoms with Crippen molar-refractivity contribution in [3.8, 4) is 0 Å². The van der Waals surface area contributed by atoms with E-state index < -0.39 is 0 Å². The lowest BCUT2D eigenvalue weighted by atomic mass is 9.99. The Hall–Kier alpha value is -2.35. The molecular weight excluding hydrogens is 354 g/mol. The zero-order chi connectivity index (χ0) is 19.8. The van der Waals surface area contributed by atoms with Gasteiger partial charge in [0.1, 0.15) is 0 Å². The summed E-state index contributed by atoms with van der Waals surface area (Å²) in [7, 11) is 0. The van der Waals surface area contributed by atoms with Gasteiger partial charge in [-0.15, -0.1) is 5.10 Å². The normalized spacial score (nSPS) is 16.8. The van der Waals surface area contributed by atoms with Gasteiger partial charge < -0.3 is 5.32 Å². The molecule has 1 aliphatic heterocycles. The zero-order valence-electron chi connectivity index (χ0n) is 16.9. The molecule has 1 saturated heterocycles. The quantitative estimate of drug-likeness (QED) is 0.713. The first-order chi connectivity index (χ1) is 13.7. The highest BCUT2D eigenvalue weighted by Gasteiger charge is 2.18. The van der Waals surface area contributed by atoms with Gasteiger partial charge in [0.2, 0.25) is 5.91 Å². The average molecular weight is 386 g/mol. The number of carbonyl (C=O) groups is 1. The van der Waals surface area contributed by atoms with E-state index >= 15 is 0 Å². The molecule has 1 N–H and O–H groups in total. The highest BCUT2D eigenvalue weighted by Crippen LogP contribution is 2.18. The van der Waals surface area contributed by atoms with Gasteiger partial charge in [-0.2, -0.15) is 0 Å². The van der Waals surface area contributed by atoms with Crippen LogP contribution in [0.2, 0.25) is 0 Å². The first-order valence-electron chi connectivity index (χ1n) is 10.3. The second-order valence-electron chi connectivity index (χ2n) is 7.69. The predicted octanol–water partition coefficient (Wildman–Crippen LogP) is 2.35. The molecule has 3 rings (SSSR count). The van der Waals surface area contributed by atoms with E-state index in [9.17, 15) is 4.79 Å². The van der Waals surface area contributed by atoms with Gasteiger partial charge in [-0.25, -0.2) is 4.68 Å². The largest absolute Gasteiger partial charge is 0.349 e. The third kappa shape index (κ3) is 5.82. The SMILES string of the molecule is CC[C@H](NC(=O)CCCn1nnnc1CN1CCC(C)CC1)c1ccncc1. The van der Waals surface area contributed by atoms with Crippen molar-refractivity contribution in [2.24, 2.45) is 5.92 Å². The number of amides is 1. The van der Waals surface area contributed by atoms with Gasteiger partial charge in [-0.3, -0.25) is 14.7 Å². The summed E-state index contributed by atoms with van der Waals surface area (Å²) in [5.41, 5.74) is 1.09. The van der Waals surface area contributed by atoms with Crippen molar-refractivity contribution in [1.82, 2.24) is 35.4 Å². The minimum atomic E-state index is 0.0283. The molecule has 0 radical (unpaired) electrons. The smallest absolute Gasteiger partial charge is 0.220 e. The summed E-state index contributed by atoms with van der Waals surface area (Å²) < 4.78 is 1.84. The fourth-order valence-electron chi connectivity index (χ4n) is 3.60. The van der Waals surface area contributed by atoms with Crippen LogP contribution >= 0.6 is 0 Å². The van der Waals surface area contributed by atoms with E-state index in [1.807, 2.05) is 16.8 Å². The predicted molar refractivity (Wildman–Crippen MR) is 106 cm³/mol. The molecule has 1 fully saturated rings. The molecule has 1 aliphatic rings. The fourth-order valence-corrected chi connectivity index (χ4v) is 3.60. The molecule has 8 nitrogen and oxygen atoms in total. The topological polar surface area (TPSA) is 88.8 Å². The number of piperidine rings is 1. The van der Waals surface area contributed by atoms with E-state index in [0.29, 0.717) is 19.4 Å². The lowest BCUT2D eigenvalue weighted by Crippen LogP contribution is -2.33. The van der Waals surface area contributed by atoms with Crippen LogP contribution in [0.4, 0.5) is 0 Å². The van der Waals surface area contributed by atoms with Gasteiger partial charge in [0.15, 0.2) is 5.82 Å². The van der Waals surface area contributed by atoms with Crippen molar-refractivity contribution in [2.45, 2.75) is 65.1 Å². The van der Waals surface area contributed by atoms with E-state index in [4.69, 9.17) is 0 Å². The average Bonchev–Trinajstić information content (AvgIpc) is 3.15. The van der Waals surface area contributed by atoms with Crippen LogP contribution in [0.1, 0.15) is 63.4 Å². The number of aryl methyl sites for hydroxylation is 1. The molecule has 2 aromatic heterocycles. The Morgan fingerprint density at radius 1 is 1.29 bits per heavy atom. The lowest BCUT2D eigenvalue weighted by Gasteiger charge is -2.29. The Labute approximate surface area is 166 Å². The molecule has 0 spiro atoms. The summed E-state index contributed by atoms with van der Waals surface area (Å²) in [5.74, 6) is 1.76. The van der Waals surface area contributed by atoms with Crippen LogP contribution in [0.5, 0.6) is 0 Å². The maximum Gasteiger partial charge on any atom is 0.220 e.